The highest BCUT2D eigenvalue weighted by Crippen LogP contribution is 2.35. The Hall–Kier alpha value is -4.04. The van der Waals surface area contributed by atoms with Crippen molar-refractivity contribution >= 4 is 51.7 Å². The molecule has 2 atom stereocenters. The number of rotatable bonds is 7. The fourth-order valence-corrected chi connectivity index (χ4v) is 3.74. The number of hydrogen-bond donors (Lipinski definition) is 4. The SMILES string of the molecule is C[C@H](/C=C/C(=O)Nc1ccccc1N)[C@@H](OC(=O)Nc1ccc(C#N)cc1)c1cc(I)ccc1O. The molecule has 3 aromatic carbocycles. The number of nitrogen functional groups attached to an aromatic ring is 1. The summed E-state index contributed by atoms with van der Waals surface area (Å²) in [5.41, 5.74) is 8.09. The van der Waals surface area contributed by atoms with E-state index in [9.17, 15) is 14.7 Å². The number of ether oxygens (including phenoxy) is 1. The molecule has 9 heteroatoms. The van der Waals surface area contributed by atoms with Crippen LogP contribution >= 0.6 is 22.6 Å². The predicted octanol–water partition coefficient (Wildman–Crippen LogP) is 5.57. The van der Waals surface area contributed by atoms with Gasteiger partial charge in [-0.15, -0.1) is 0 Å². The van der Waals surface area contributed by atoms with E-state index in [1.165, 1.54) is 12.1 Å². The summed E-state index contributed by atoms with van der Waals surface area (Å²) in [7, 11) is 0. The molecule has 5 N–H and O–H groups in total. The maximum absolute atomic E-state index is 12.7. The number of anilines is 3. The van der Waals surface area contributed by atoms with E-state index in [1.807, 2.05) is 6.07 Å². The first-order valence-corrected chi connectivity index (χ1v) is 11.6. The molecule has 178 valence electrons. The average molecular weight is 582 g/mol. The smallest absolute Gasteiger partial charge is 0.412 e. The second-order valence-corrected chi connectivity index (χ2v) is 8.88. The predicted molar refractivity (Wildman–Crippen MR) is 143 cm³/mol. The van der Waals surface area contributed by atoms with Crippen molar-refractivity contribution in [3.63, 3.8) is 0 Å². The van der Waals surface area contributed by atoms with E-state index in [1.54, 1.807) is 73.7 Å². The van der Waals surface area contributed by atoms with E-state index in [-0.39, 0.29) is 5.75 Å². The number of hydrogen-bond acceptors (Lipinski definition) is 6. The first kappa shape index (κ1) is 25.6. The Morgan fingerprint density at radius 1 is 1.11 bits per heavy atom. The van der Waals surface area contributed by atoms with Crippen molar-refractivity contribution in [1.29, 1.82) is 5.26 Å². The maximum atomic E-state index is 12.7. The molecule has 35 heavy (non-hydrogen) atoms. The number of para-hydroxylation sites is 2. The van der Waals surface area contributed by atoms with Crippen molar-refractivity contribution in [2.45, 2.75) is 13.0 Å². The number of nitriles is 1. The summed E-state index contributed by atoms with van der Waals surface area (Å²) in [6.45, 7) is 1.76. The van der Waals surface area contributed by atoms with Crippen molar-refractivity contribution in [2.24, 2.45) is 5.92 Å². The second-order valence-electron chi connectivity index (χ2n) is 7.64. The number of benzene rings is 3. The average Bonchev–Trinajstić information content (AvgIpc) is 2.84. The molecule has 0 radical (unpaired) electrons. The first-order valence-electron chi connectivity index (χ1n) is 10.6. The summed E-state index contributed by atoms with van der Waals surface area (Å²) in [4.78, 5) is 25.1. The van der Waals surface area contributed by atoms with Gasteiger partial charge < -0.3 is 20.9 Å². The number of aromatic hydroxyl groups is 1. The third-order valence-electron chi connectivity index (χ3n) is 5.04. The molecule has 3 rings (SSSR count). The van der Waals surface area contributed by atoms with Gasteiger partial charge in [0.15, 0.2) is 0 Å². The minimum Gasteiger partial charge on any atom is -0.508 e. The van der Waals surface area contributed by atoms with Crippen LogP contribution in [0.25, 0.3) is 0 Å². The van der Waals surface area contributed by atoms with Gasteiger partial charge in [-0.05, 0) is 83.3 Å². The third-order valence-corrected chi connectivity index (χ3v) is 5.71. The lowest BCUT2D eigenvalue weighted by Gasteiger charge is -2.23. The van der Waals surface area contributed by atoms with Crippen LogP contribution in [0.4, 0.5) is 21.9 Å². The van der Waals surface area contributed by atoms with Crippen LogP contribution in [-0.2, 0) is 9.53 Å². The molecule has 0 aliphatic heterocycles. The molecule has 2 amide bonds. The molecule has 0 aromatic heterocycles. The molecule has 0 bridgehead atoms. The van der Waals surface area contributed by atoms with Crippen molar-refractivity contribution < 1.29 is 19.4 Å². The number of carbonyl (C=O) groups excluding carboxylic acids is 2. The Kier molecular flexibility index (Phi) is 8.69. The number of halogens is 1. The van der Waals surface area contributed by atoms with Gasteiger partial charge in [0.05, 0.1) is 23.0 Å². The Labute approximate surface area is 216 Å². The number of nitrogens with one attached hydrogen (secondary N) is 2. The lowest BCUT2D eigenvalue weighted by Crippen LogP contribution is -2.21. The highest BCUT2D eigenvalue weighted by Gasteiger charge is 2.25. The van der Waals surface area contributed by atoms with Crippen molar-refractivity contribution in [1.82, 2.24) is 0 Å². The summed E-state index contributed by atoms with van der Waals surface area (Å²) >= 11 is 2.10. The number of carbonyl (C=O) groups is 2. The molecule has 0 aliphatic rings. The quantitative estimate of drug-likeness (QED) is 0.163. The third kappa shape index (κ3) is 7.22. The minimum atomic E-state index is -0.894. The number of phenols is 1. The maximum Gasteiger partial charge on any atom is 0.412 e. The van der Waals surface area contributed by atoms with Crippen LogP contribution in [0.2, 0.25) is 0 Å². The van der Waals surface area contributed by atoms with Crippen molar-refractivity contribution in [3.8, 4) is 11.8 Å². The van der Waals surface area contributed by atoms with Gasteiger partial charge in [0.25, 0.3) is 0 Å². The molecule has 0 unspecified atom stereocenters. The lowest BCUT2D eigenvalue weighted by atomic mass is 9.96. The zero-order chi connectivity index (χ0) is 25.4. The largest absolute Gasteiger partial charge is 0.508 e. The minimum absolute atomic E-state index is 0.0386. The monoisotopic (exact) mass is 582 g/mol. The topological polar surface area (TPSA) is 137 Å². The van der Waals surface area contributed by atoms with Crippen molar-refractivity contribution in [3.05, 3.63) is 93.6 Å². The molecular formula is C26H23IN4O4. The fourth-order valence-electron chi connectivity index (χ4n) is 3.22. The number of amides is 2. The Morgan fingerprint density at radius 3 is 2.51 bits per heavy atom. The van der Waals surface area contributed by atoms with E-state index in [0.29, 0.717) is 28.2 Å². The van der Waals surface area contributed by atoms with Crippen LogP contribution in [0.5, 0.6) is 5.75 Å². The van der Waals surface area contributed by atoms with E-state index in [2.05, 4.69) is 33.2 Å². The number of phenolic OH excluding ortho intramolecular Hbond substituents is 1. The number of nitrogens with two attached hydrogens (primary N) is 1. The standard InChI is InChI=1S/C26H23IN4O4/c1-16(6-13-24(33)31-22-5-3-2-4-21(22)29)25(20-14-18(27)9-12-23(20)32)35-26(34)30-19-10-7-17(15-28)8-11-19/h2-14,16,25,32H,29H2,1H3,(H,30,34)(H,31,33)/b13-6+/t16-,25-/m1/s1. The van der Waals surface area contributed by atoms with Crippen LogP contribution in [0.1, 0.15) is 24.2 Å². The van der Waals surface area contributed by atoms with Gasteiger partial charge >= 0.3 is 6.09 Å². The summed E-state index contributed by atoms with van der Waals surface area (Å²) in [6, 6.07) is 20.2. The molecule has 0 saturated heterocycles. The van der Waals surface area contributed by atoms with Crippen LogP contribution in [-0.4, -0.2) is 17.1 Å². The molecule has 0 spiro atoms. The highest BCUT2D eigenvalue weighted by atomic mass is 127. The summed E-state index contributed by atoms with van der Waals surface area (Å²) in [5, 5.41) is 24.7. The summed E-state index contributed by atoms with van der Waals surface area (Å²) in [5.74, 6) is -0.921. The van der Waals surface area contributed by atoms with E-state index in [4.69, 9.17) is 15.7 Å². The van der Waals surface area contributed by atoms with Crippen LogP contribution in [0.3, 0.4) is 0 Å². The molecule has 0 aliphatic carbocycles. The first-order chi connectivity index (χ1) is 16.8. The van der Waals surface area contributed by atoms with E-state index in [0.717, 1.165) is 3.57 Å². The van der Waals surface area contributed by atoms with Crippen LogP contribution in [0.15, 0.2) is 78.9 Å². The van der Waals surface area contributed by atoms with Gasteiger partial charge in [0, 0.05) is 20.7 Å². The van der Waals surface area contributed by atoms with Gasteiger partial charge in [-0.3, -0.25) is 10.1 Å². The summed E-state index contributed by atoms with van der Waals surface area (Å²) in [6.07, 6.45) is 1.28. The zero-order valence-corrected chi connectivity index (χ0v) is 20.9. The molecule has 0 fully saturated rings. The van der Waals surface area contributed by atoms with Crippen molar-refractivity contribution in [2.75, 3.05) is 16.4 Å². The van der Waals surface area contributed by atoms with Crippen LogP contribution in [0, 0.1) is 20.8 Å². The molecule has 0 heterocycles. The van der Waals surface area contributed by atoms with Crippen LogP contribution < -0.4 is 16.4 Å². The summed E-state index contributed by atoms with van der Waals surface area (Å²) < 4.78 is 6.52. The normalized spacial score (nSPS) is 12.4. The van der Waals surface area contributed by atoms with Gasteiger partial charge in [0.2, 0.25) is 5.91 Å². The second kappa shape index (κ2) is 11.9. The lowest BCUT2D eigenvalue weighted by molar-refractivity contribution is -0.111. The number of nitrogens with zero attached hydrogens (tertiary/aromatic N) is 1. The Bertz CT molecular complexity index is 1290. The van der Waals surface area contributed by atoms with Gasteiger partial charge in [0.1, 0.15) is 11.9 Å². The highest BCUT2D eigenvalue weighted by molar-refractivity contribution is 14.1. The molecule has 3 aromatic rings. The van der Waals surface area contributed by atoms with E-state index >= 15 is 0 Å². The Balaban J connectivity index is 1.78. The van der Waals surface area contributed by atoms with Gasteiger partial charge in [-0.25, -0.2) is 4.79 Å². The zero-order valence-electron chi connectivity index (χ0n) is 18.7. The molecular weight excluding hydrogens is 559 g/mol. The molecule has 0 saturated carbocycles. The van der Waals surface area contributed by atoms with E-state index < -0.39 is 24.0 Å². The fraction of sp³-hybridized carbons (Fsp3) is 0.115. The Morgan fingerprint density at radius 2 is 1.83 bits per heavy atom. The van der Waals surface area contributed by atoms with Gasteiger partial charge in [-0.1, -0.05) is 25.1 Å². The molecule has 8 nitrogen and oxygen atoms in total. The van der Waals surface area contributed by atoms with Gasteiger partial charge in [-0.2, -0.15) is 5.26 Å².